The van der Waals surface area contributed by atoms with Gasteiger partial charge in [0.2, 0.25) is 0 Å². The highest BCUT2D eigenvalue weighted by Gasteiger charge is 2.16. The molecule has 26 heavy (non-hydrogen) atoms. The summed E-state index contributed by atoms with van der Waals surface area (Å²) in [6.45, 7) is 6.37. The van der Waals surface area contributed by atoms with E-state index in [1.165, 1.54) is 23.1 Å². The zero-order valence-electron chi connectivity index (χ0n) is 14.3. The second-order valence-corrected chi connectivity index (χ2v) is 7.48. The Morgan fingerprint density at radius 1 is 1.31 bits per heavy atom. The molecule has 7 nitrogen and oxygen atoms in total. The van der Waals surface area contributed by atoms with E-state index in [0.29, 0.717) is 29.7 Å². The van der Waals surface area contributed by atoms with Crippen LogP contribution in [0.15, 0.2) is 42.3 Å². The number of thioether (sulfide) groups is 1. The highest BCUT2D eigenvalue weighted by Crippen LogP contribution is 2.24. The van der Waals surface area contributed by atoms with Gasteiger partial charge in [-0.05, 0) is 18.6 Å². The summed E-state index contributed by atoms with van der Waals surface area (Å²) in [5, 5.41) is 19.0. The number of hydrogen-bond donors (Lipinski definition) is 0. The summed E-state index contributed by atoms with van der Waals surface area (Å²) in [5.74, 6) is 1.11. The Balaban J connectivity index is 1.68. The van der Waals surface area contributed by atoms with Crippen LogP contribution in [0.2, 0.25) is 0 Å². The van der Waals surface area contributed by atoms with Gasteiger partial charge in [-0.1, -0.05) is 24.8 Å². The van der Waals surface area contributed by atoms with Gasteiger partial charge in [0.05, 0.1) is 12.2 Å². The van der Waals surface area contributed by atoms with E-state index in [4.69, 9.17) is 0 Å². The highest BCUT2D eigenvalue weighted by molar-refractivity contribution is 7.99. The smallest absolute Gasteiger partial charge is 0.192 e. The number of aromatic nitrogens is 6. The van der Waals surface area contributed by atoms with Gasteiger partial charge in [0.1, 0.15) is 15.8 Å². The Morgan fingerprint density at radius 3 is 2.85 bits per heavy atom. The molecule has 0 amide bonds. The van der Waals surface area contributed by atoms with Crippen LogP contribution >= 0.6 is 23.1 Å². The number of nitrogens with zero attached hydrogens (tertiary/aromatic N) is 6. The third-order valence-electron chi connectivity index (χ3n) is 3.47. The number of carbonyl (C=O) groups excluding carboxylic acids is 1. The van der Waals surface area contributed by atoms with E-state index in [9.17, 15) is 4.79 Å². The molecule has 3 aromatic heterocycles. The number of hydrogen-bond acceptors (Lipinski definition) is 8. The van der Waals surface area contributed by atoms with Gasteiger partial charge < -0.3 is 0 Å². The van der Waals surface area contributed by atoms with Crippen molar-refractivity contribution in [2.75, 3.05) is 5.75 Å². The van der Waals surface area contributed by atoms with Crippen molar-refractivity contribution in [1.82, 2.24) is 29.9 Å². The number of carbonyl (C=O) groups is 1. The van der Waals surface area contributed by atoms with Gasteiger partial charge in [-0.2, -0.15) is 0 Å². The molecule has 0 saturated heterocycles. The topological polar surface area (TPSA) is 86.5 Å². The molecule has 0 fully saturated rings. The Morgan fingerprint density at radius 2 is 2.15 bits per heavy atom. The average Bonchev–Trinajstić information content (AvgIpc) is 3.28. The van der Waals surface area contributed by atoms with E-state index in [1.54, 1.807) is 18.5 Å². The summed E-state index contributed by atoms with van der Waals surface area (Å²) >= 11 is 2.86. The van der Waals surface area contributed by atoms with E-state index in [0.717, 1.165) is 22.0 Å². The van der Waals surface area contributed by atoms with Crippen LogP contribution in [0, 0.1) is 0 Å². The molecule has 0 aliphatic heterocycles. The SMILES string of the molecule is C=CCn1c(SCC(=O)Cc2nnc(CC)s2)nnc1-c1cccnc1. The number of pyridine rings is 1. The first-order chi connectivity index (χ1) is 12.7. The van der Waals surface area contributed by atoms with E-state index in [-0.39, 0.29) is 5.78 Å². The van der Waals surface area contributed by atoms with Gasteiger partial charge in [-0.3, -0.25) is 14.3 Å². The highest BCUT2D eigenvalue weighted by atomic mass is 32.2. The van der Waals surface area contributed by atoms with Crippen LogP contribution in [0.3, 0.4) is 0 Å². The molecule has 0 bridgehead atoms. The predicted octanol–water partition coefficient (Wildman–Crippen LogP) is 2.84. The van der Waals surface area contributed by atoms with Gasteiger partial charge in [-0.25, -0.2) is 0 Å². The molecular weight excluding hydrogens is 368 g/mol. The van der Waals surface area contributed by atoms with Crippen LogP contribution in [0.5, 0.6) is 0 Å². The summed E-state index contributed by atoms with van der Waals surface area (Å²) < 4.78 is 1.93. The molecular formula is C17H18N6OS2. The largest absolute Gasteiger partial charge is 0.298 e. The van der Waals surface area contributed by atoms with E-state index >= 15 is 0 Å². The van der Waals surface area contributed by atoms with Gasteiger partial charge in [0.15, 0.2) is 11.0 Å². The summed E-state index contributed by atoms with van der Waals surface area (Å²) in [5.41, 5.74) is 0.876. The maximum atomic E-state index is 12.3. The Labute approximate surface area is 159 Å². The molecule has 134 valence electrons. The molecule has 0 N–H and O–H groups in total. The van der Waals surface area contributed by atoms with Crippen molar-refractivity contribution >= 4 is 28.9 Å². The van der Waals surface area contributed by atoms with Crippen LogP contribution in [-0.4, -0.2) is 41.5 Å². The zero-order chi connectivity index (χ0) is 18.4. The summed E-state index contributed by atoms with van der Waals surface area (Å²) in [7, 11) is 0. The standard InChI is InChI=1S/C17H18N6OS2/c1-3-8-23-16(12-6-5-7-18-10-12)21-22-17(23)25-11-13(24)9-15-20-19-14(4-2)26-15/h3,5-7,10H,1,4,8-9,11H2,2H3. The minimum absolute atomic E-state index is 0.0879. The molecule has 0 saturated carbocycles. The van der Waals surface area contributed by atoms with Crippen molar-refractivity contribution in [3.05, 3.63) is 47.2 Å². The molecule has 0 aromatic carbocycles. The first-order valence-corrected chi connectivity index (χ1v) is 9.91. The Kier molecular flexibility index (Phi) is 6.24. The van der Waals surface area contributed by atoms with Crippen molar-refractivity contribution in [3.63, 3.8) is 0 Å². The molecule has 9 heteroatoms. The monoisotopic (exact) mass is 386 g/mol. The third-order valence-corrected chi connectivity index (χ3v) is 5.56. The van der Waals surface area contributed by atoms with E-state index < -0.39 is 0 Å². The summed E-state index contributed by atoms with van der Waals surface area (Å²) in [6, 6.07) is 3.78. The molecule has 3 rings (SSSR count). The van der Waals surface area contributed by atoms with Gasteiger partial charge >= 0.3 is 0 Å². The maximum absolute atomic E-state index is 12.3. The lowest BCUT2D eigenvalue weighted by Crippen LogP contribution is -2.07. The average molecular weight is 387 g/mol. The van der Waals surface area contributed by atoms with Crippen molar-refractivity contribution in [3.8, 4) is 11.4 Å². The maximum Gasteiger partial charge on any atom is 0.192 e. The van der Waals surface area contributed by atoms with Gasteiger partial charge in [0, 0.05) is 24.5 Å². The van der Waals surface area contributed by atoms with Gasteiger partial charge in [0.25, 0.3) is 0 Å². The lowest BCUT2D eigenvalue weighted by Gasteiger charge is -2.07. The van der Waals surface area contributed by atoms with Crippen LogP contribution in [0.4, 0.5) is 0 Å². The van der Waals surface area contributed by atoms with E-state index in [2.05, 4.69) is 32.0 Å². The fourth-order valence-electron chi connectivity index (χ4n) is 2.27. The fourth-order valence-corrected chi connectivity index (χ4v) is 3.89. The van der Waals surface area contributed by atoms with Crippen molar-refractivity contribution < 1.29 is 4.79 Å². The molecule has 3 heterocycles. The molecule has 3 aromatic rings. The summed E-state index contributed by atoms with van der Waals surface area (Å²) in [6.07, 6.45) is 6.37. The predicted molar refractivity (Wildman–Crippen MR) is 102 cm³/mol. The second-order valence-electron chi connectivity index (χ2n) is 5.39. The number of aryl methyl sites for hydroxylation is 1. The normalized spacial score (nSPS) is 10.8. The fraction of sp³-hybridized carbons (Fsp3) is 0.294. The Bertz CT molecular complexity index is 890. The number of allylic oxidation sites excluding steroid dienone is 1. The van der Waals surface area contributed by atoms with E-state index in [1.807, 2.05) is 23.6 Å². The van der Waals surface area contributed by atoms with Crippen molar-refractivity contribution in [2.45, 2.75) is 31.5 Å². The quantitative estimate of drug-likeness (QED) is 0.413. The van der Waals surface area contributed by atoms with Crippen LogP contribution < -0.4 is 0 Å². The van der Waals surface area contributed by atoms with Crippen molar-refractivity contribution in [2.24, 2.45) is 0 Å². The minimum atomic E-state index is 0.0879. The molecule has 0 atom stereocenters. The van der Waals surface area contributed by atoms with Crippen LogP contribution in [0.1, 0.15) is 16.9 Å². The molecule has 0 radical (unpaired) electrons. The number of Topliss-reactive ketones (excluding diaryl/α,β-unsaturated/α-hetero) is 1. The van der Waals surface area contributed by atoms with Crippen molar-refractivity contribution in [1.29, 1.82) is 0 Å². The Hall–Kier alpha value is -2.39. The molecule has 0 aliphatic rings. The first-order valence-electron chi connectivity index (χ1n) is 8.11. The lowest BCUT2D eigenvalue weighted by atomic mass is 10.3. The molecule has 0 unspecified atom stereocenters. The van der Waals surface area contributed by atoms with Crippen LogP contribution in [-0.2, 0) is 24.2 Å². The summed E-state index contributed by atoms with van der Waals surface area (Å²) in [4.78, 5) is 16.4. The molecule has 0 aliphatic carbocycles. The minimum Gasteiger partial charge on any atom is -0.298 e. The van der Waals surface area contributed by atoms with Crippen LogP contribution in [0.25, 0.3) is 11.4 Å². The zero-order valence-corrected chi connectivity index (χ0v) is 16.0. The lowest BCUT2D eigenvalue weighted by molar-refractivity contribution is -0.116. The second kappa shape index (κ2) is 8.81. The third kappa shape index (κ3) is 4.41. The number of rotatable bonds is 9. The number of ketones is 1. The van der Waals surface area contributed by atoms with Gasteiger partial charge in [-0.15, -0.1) is 38.3 Å². The first kappa shape index (κ1) is 18.4. The molecule has 0 spiro atoms.